The number of nitrogens with zero attached hydrogens (tertiary/aromatic N) is 2. The number of piperidine rings is 1. The zero-order chi connectivity index (χ0) is 18.7. The lowest BCUT2D eigenvalue weighted by atomic mass is 9.96. The first-order valence-electron chi connectivity index (χ1n) is 9.04. The van der Waals surface area contributed by atoms with Crippen molar-refractivity contribution >= 4 is 27.5 Å². The first-order chi connectivity index (χ1) is 12.4. The predicted molar refractivity (Wildman–Crippen MR) is 100 cm³/mol. The molecule has 6 nitrogen and oxygen atoms in total. The number of carbonyl (C=O) groups is 1. The van der Waals surface area contributed by atoms with E-state index >= 15 is 0 Å². The molecule has 1 unspecified atom stereocenters. The zero-order valence-corrected chi connectivity index (χ0v) is 16.5. The van der Waals surface area contributed by atoms with Crippen molar-refractivity contribution in [3.05, 3.63) is 34.9 Å². The van der Waals surface area contributed by atoms with E-state index in [2.05, 4.69) is 0 Å². The molecular weight excluding hydrogens is 376 g/mol. The first-order valence-corrected chi connectivity index (χ1v) is 11.0. The molecule has 1 aromatic carbocycles. The summed E-state index contributed by atoms with van der Waals surface area (Å²) < 4.78 is 31.3. The van der Waals surface area contributed by atoms with Gasteiger partial charge in [-0.3, -0.25) is 4.79 Å². The lowest BCUT2D eigenvalue weighted by Gasteiger charge is -2.37. The fourth-order valence-corrected chi connectivity index (χ4v) is 4.81. The predicted octanol–water partition coefficient (Wildman–Crippen LogP) is 2.30. The number of hydrogen-bond donors (Lipinski definition) is 0. The lowest BCUT2D eigenvalue weighted by molar-refractivity contribution is -0.144. The Hall–Kier alpha value is -1.15. The molecule has 0 N–H and O–H groups in total. The van der Waals surface area contributed by atoms with E-state index in [0.717, 1.165) is 5.56 Å². The van der Waals surface area contributed by atoms with E-state index in [0.29, 0.717) is 50.7 Å². The number of benzene rings is 1. The van der Waals surface area contributed by atoms with Gasteiger partial charge in [0.05, 0.1) is 18.9 Å². The SMILES string of the molecule is CCS(=O)(=O)N1CCC(C(=O)N2CCOC(c3ccc(Cl)cc3)C2)CC1. The summed E-state index contributed by atoms with van der Waals surface area (Å²) in [6.07, 6.45) is 1.02. The molecule has 0 aliphatic carbocycles. The van der Waals surface area contributed by atoms with Gasteiger partial charge in [0, 0.05) is 30.6 Å². The first kappa shape index (κ1) is 19.6. The summed E-state index contributed by atoms with van der Waals surface area (Å²) in [6, 6.07) is 7.50. The van der Waals surface area contributed by atoms with Gasteiger partial charge in [-0.1, -0.05) is 23.7 Å². The number of carbonyl (C=O) groups excluding carboxylic acids is 1. The van der Waals surface area contributed by atoms with Gasteiger partial charge in [-0.15, -0.1) is 0 Å². The molecule has 0 aromatic heterocycles. The molecule has 1 amide bonds. The monoisotopic (exact) mass is 400 g/mol. The van der Waals surface area contributed by atoms with Gasteiger partial charge >= 0.3 is 0 Å². The second kappa shape index (κ2) is 8.25. The van der Waals surface area contributed by atoms with E-state index in [1.807, 2.05) is 29.2 Å². The van der Waals surface area contributed by atoms with Crippen molar-refractivity contribution in [3.8, 4) is 0 Å². The highest BCUT2D eigenvalue weighted by Crippen LogP contribution is 2.27. The summed E-state index contributed by atoms with van der Waals surface area (Å²) in [4.78, 5) is 14.7. The van der Waals surface area contributed by atoms with Crippen LogP contribution in [0.1, 0.15) is 31.4 Å². The maximum atomic E-state index is 12.9. The molecule has 3 rings (SSSR count). The molecule has 0 saturated carbocycles. The Morgan fingerprint density at radius 2 is 1.85 bits per heavy atom. The van der Waals surface area contributed by atoms with Gasteiger partial charge < -0.3 is 9.64 Å². The molecule has 1 aromatic rings. The summed E-state index contributed by atoms with van der Waals surface area (Å²) >= 11 is 5.93. The highest BCUT2D eigenvalue weighted by Gasteiger charge is 2.34. The summed E-state index contributed by atoms with van der Waals surface area (Å²) in [5.41, 5.74) is 1.01. The van der Waals surface area contributed by atoms with Crippen LogP contribution in [0.3, 0.4) is 0 Å². The Bertz CT molecular complexity index is 730. The fraction of sp³-hybridized carbons (Fsp3) is 0.611. The van der Waals surface area contributed by atoms with Crippen LogP contribution in [0.5, 0.6) is 0 Å². The van der Waals surface area contributed by atoms with Crippen molar-refractivity contribution in [3.63, 3.8) is 0 Å². The fourth-order valence-electron chi connectivity index (χ4n) is 3.55. The Morgan fingerprint density at radius 1 is 1.19 bits per heavy atom. The molecule has 2 heterocycles. The average Bonchev–Trinajstić information content (AvgIpc) is 2.68. The number of hydrogen-bond acceptors (Lipinski definition) is 4. The molecule has 2 aliphatic rings. The molecule has 26 heavy (non-hydrogen) atoms. The van der Waals surface area contributed by atoms with Crippen LogP contribution in [0.2, 0.25) is 5.02 Å². The van der Waals surface area contributed by atoms with Crippen LogP contribution in [0.15, 0.2) is 24.3 Å². The molecule has 144 valence electrons. The van der Waals surface area contributed by atoms with Gasteiger partial charge in [0.1, 0.15) is 6.10 Å². The molecular formula is C18H25ClN2O4S. The highest BCUT2D eigenvalue weighted by atomic mass is 35.5. The van der Waals surface area contributed by atoms with E-state index < -0.39 is 10.0 Å². The minimum atomic E-state index is -3.17. The van der Waals surface area contributed by atoms with Gasteiger partial charge in [-0.25, -0.2) is 12.7 Å². The molecule has 0 spiro atoms. The van der Waals surface area contributed by atoms with Crippen molar-refractivity contribution in [2.75, 3.05) is 38.5 Å². The largest absolute Gasteiger partial charge is 0.370 e. The molecule has 1 atom stereocenters. The quantitative estimate of drug-likeness (QED) is 0.777. The number of morpholine rings is 1. The topological polar surface area (TPSA) is 66.9 Å². The van der Waals surface area contributed by atoms with Crippen LogP contribution >= 0.6 is 11.6 Å². The minimum absolute atomic E-state index is 0.109. The van der Waals surface area contributed by atoms with Crippen molar-refractivity contribution < 1.29 is 17.9 Å². The van der Waals surface area contributed by atoms with Gasteiger partial charge in [-0.05, 0) is 37.5 Å². The molecule has 0 bridgehead atoms. The molecule has 2 aliphatic heterocycles. The van der Waals surface area contributed by atoms with Crippen molar-refractivity contribution in [1.82, 2.24) is 9.21 Å². The second-order valence-electron chi connectivity index (χ2n) is 6.77. The third-order valence-corrected chi connectivity index (χ3v) is 7.31. The number of halogens is 1. The van der Waals surface area contributed by atoms with Crippen LogP contribution in [0, 0.1) is 5.92 Å². The number of sulfonamides is 1. The summed E-state index contributed by atoms with van der Waals surface area (Å²) in [5.74, 6) is 0.112. The molecule has 8 heteroatoms. The molecule has 0 radical (unpaired) electrons. The average molecular weight is 401 g/mol. The molecule has 2 saturated heterocycles. The Morgan fingerprint density at radius 3 is 2.46 bits per heavy atom. The van der Waals surface area contributed by atoms with Crippen LogP contribution in [-0.4, -0.2) is 62.1 Å². The Kier molecular flexibility index (Phi) is 6.22. The number of amides is 1. The Balaban J connectivity index is 1.59. The summed E-state index contributed by atoms with van der Waals surface area (Å²) in [7, 11) is -3.17. The zero-order valence-electron chi connectivity index (χ0n) is 14.9. The van der Waals surface area contributed by atoms with Crippen LogP contribution in [0.25, 0.3) is 0 Å². The summed E-state index contributed by atoms with van der Waals surface area (Å²) in [5, 5.41) is 0.672. The second-order valence-corrected chi connectivity index (χ2v) is 9.46. The van der Waals surface area contributed by atoms with Crippen molar-refractivity contribution in [1.29, 1.82) is 0 Å². The third-order valence-electron chi connectivity index (χ3n) is 5.18. The number of ether oxygens (including phenoxy) is 1. The number of rotatable bonds is 4. The van der Waals surface area contributed by atoms with E-state index in [9.17, 15) is 13.2 Å². The lowest BCUT2D eigenvalue weighted by Crippen LogP contribution is -2.48. The maximum absolute atomic E-state index is 12.9. The van der Waals surface area contributed by atoms with Gasteiger partial charge in [0.25, 0.3) is 0 Å². The molecule has 2 fully saturated rings. The van der Waals surface area contributed by atoms with Crippen molar-refractivity contribution in [2.45, 2.75) is 25.9 Å². The summed E-state index contributed by atoms with van der Waals surface area (Å²) in [6.45, 7) is 4.11. The van der Waals surface area contributed by atoms with E-state index in [1.54, 1.807) is 6.92 Å². The van der Waals surface area contributed by atoms with Crippen LogP contribution in [0.4, 0.5) is 0 Å². The van der Waals surface area contributed by atoms with Crippen LogP contribution in [-0.2, 0) is 19.6 Å². The van der Waals surface area contributed by atoms with E-state index in [1.165, 1.54) is 4.31 Å². The van der Waals surface area contributed by atoms with Crippen LogP contribution < -0.4 is 0 Å². The van der Waals surface area contributed by atoms with Gasteiger partial charge in [0.2, 0.25) is 15.9 Å². The maximum Gasteiger partial charge on any atom is 0.225 e. The van der Waals surface area contributed by atoms with Gasteiger partial charge in [0.15, 0.2) is 0 Å². The normalized spacial score (nSPS) is 23.2. The Labute approximate surface area is 160 Å². The van der Waals surface area contributed by atoms with Crippen molar-refractivity contribution in [2.24, 2.45) is 5.92 Å². The standard InChI is InChI=1S/C18H25ClN2O4S/c1-2-26(23,24)21-9-7-15(8-10-21)18(22)20-11-12-25-17(13-20)14-3-5-16(19)6-4-14/h3-6,15,17H,2,7-13H2,1H3. The third kappa shape index (κ3) is 4.39. The highest BCUT2D eigenvalue weighted by molar-refractivity contribution is 7.89. The van der Waals surface area contributed by atoms with Gasteiger partial charge in [-0.2, -0.15) is 0 Å². The van der Waals surface area contributed by atoms with E-state index in [4.69, 9.17) is 16.3 Å². The van der Waals surface area contributed by atoms with E-state index in [-0.39, 0.29) is 23.7 Å². The smallest absolute Gasteiger partial charge is 0.225 e. The minimum Gasteiger partial charge on any atom is -0.370 e.